The molecular weight excluding hydrogens is 546 g/mol. The molecule has 4 bridgehead atoms. The number of benzene rings is 1. The summed E-state index contributed by atoms with van der Waals surface area (Å²) in [5.74, 6) is 3.87. The van der Waals surface area contributed by atoms with Gasteiger partial charge < -0.3 is 9.80 Å². The van der Waals surface area contributed by atoms with E-state index in [4.69, 9.17) is 0 Å². The van der Waals surface area contributed by atoms with Crippen molar-refractivity contribution in [3.8, 4) is 0 Å². The molecule has 1 N–H and O–H groups in total. The molecule has 0 spiro atoms. The normalized spacial score (nSPS) is 31.6. The van der Waals surface area contributed by atoms with Crippen LogP contribution in [-0.2, 0) is 9.59 Å². The molecule has 8 rings (SSSR count). The number of nitrogens with one attached hydrogen (secondary N) is 1. The lowest BCUT2D eigenvalue weighted by molar-refractivity contribution is -0.135. The zero-order valence-corrected chi connectivity index (χ0v) is 25.8. The Labute approximate surface area is 253 Å². The summed E-state index contributed by atoms with van der Waals surface area (Å²) in [5.41, 5.74) is 1.15. The van der Waals surface area contributed by atoms with Gasteiger partial charge in [0, 0.05) is 37.5 Å². The second-order valence-corrected chi connectivity index (χ2v) is 15.1. The second kappa shape index (κ2) is 11.7. The van der Waals surface area contributed by atoms with E-state index >= 15 is 0 Å². The predicted octanol–water partition coefficient (Wildman–Crippen LogP) is 4.39. The summed E-state index contributed by atoms with van der Waals surface area (Å²) in [6.07, 6.45) is 12.2. The molecule has 1 atom stereocenters. The van der Waals surface area contributed by atoms with E-state index < -0.39 is 11.9 Å². The fraction of sp³-hybridized carbons (Fsp3) is 0.697. The van der Waals surface area contributed by atoms with Crippen LogP contribution in [0.15, 0.2) is 27.9 Å². The van der Waals surface area contributed by atoms with Crippen molar-refractivity contribution in [2.45, 2.75) is 82.1 Å². The maximum atomic E-state index is 13.7. The quantitative estimate of drug-likeness (QED) is 0.263. The number of carbonyl (C=O) groups excluding carboxylic acids is 2. The number of rotatable bonds is 9. The first kappa shape index (κ1) is 28.5. The molecular formula is C33H45N5O3S. The number of hydrogen-bond acceptors (Lipinski definition) is 7. The van der Waals surface area contributed by atoms with Crippen molar-refractivity contribution in [1.29, 1.82) is 0 Å². The number of nitrogens with zero attached hydrogens (tertiary/aromatic N) is 4. The molecule has 2 amide bonds. The van der Waals surface area contributed by atoms with Gasteiger partial charge in [-0.05, 0) is 119 Å². The van der Waals surface area contributed by atoms with E-state index in [0.29, 0.717) is 28.6 Å². The van der Waals surface area contributed by atoms with Gasteiger partial charge in [0.05, 0.1) is 10.9 Å². The highest BCUT2D eigenvalue weighted by atomic mass is 32.2. The van der Waals surface area contributed by atoms with Gasteiger partial charge in [0.15, 0.2) is 0 Å². The van der Waals surface area contributed by atoms with Crippen molar-refractivity contribution >= 4 is 34.5 Å². The molecule has 8 nitrogen and oxygen atoms in total. The first-order valence-corrected chi connectivity index (χ1v) is 17.3. The van der Waals surface area contributed by atoms with E-state index in [9.17, 15) is 14.4 Å². The largest absolute Gasteiger partial charge is 0.301 e. The summed E-state index contributed by atoms with van der Waals surface area (Å²) in [6, 6.07) is 5.11. The van der Waals surface area contributed by atoms with Gasteiger partial charge in [-0.3, -0.25) is 24.3 Å². The maximum Gasteiger partial charge on any atom is 0.263 e. The van der Waals surface area contributed by atoms with Crippen LogP contribution in [0.3, 0.4) is 0 Å². The number of imide groups is 1. The van der Waals surface area contributed by atoms with Crippen LogP contribution in [0.1, 0.15) is 76.1 Å². The lowest BCUT2D eigenvalue weighted by Gasteiger charge is -2.57. The van der Waals surface area contributed by atoms with Gasteiger partial charge in [0.2, 0.25) is 11.8 Å². The molecule has 1 aromatic carbocycles. The predicted molar refractivity (Wildman–Crippen MR) is 166 cm³/mol. The molecule has 4 saturated carbocycles. The summed E-state index contributed by atoms with van der Waals surface area (Å²) in [4.78, 5) is 48.8. The molecule has 6 fully saturated rings. The number of piperazine rings is 1. The third kappa shape index (κ3) is 5.69. The summed E-state index contributed by atoms with van der Waals surface area (Å²) >= 11 is 1.71. The Kier molecular flexibility index (Phi) is 7.95. The summed E-state index contributed by atoms with van der Waals surface area (Å²) < 4.78 is 1.48. The molecule has 0 radical (unpaired) electrons. The van der Waals surface area contributed by atoms with Gasteiger partial charge in [-0.25, -0.2) is 4.98 Å². The fourth-order valence-electron chi connectivity index (χ4n) is 9.44. The standard InChI is InChI=1S/C33H45N5O3S/c1-22-34-26-4-2-5-28(30(26)32(41)38(22)27-6-7-29(39)35-31(27)40)42-15-3-9-36-11-13-37(14-12-36)10-8-33-19-23-16-24(20-33)18-25(17-23)21-33/h2,4-5,23-25,27H,3,6-21H2,1H3,(H,35,39,40). The number of hydrogen-bond donors (Lipinski definition) is 1. The summed E-state index contributed by atoms with van der Waals surface area (Å²) in [7, 11) is 0. The first-order valence-electron chi connectivity index (χ1n) is 16.3. The van der Waals surface area contributed by atoms with Gasteiger partial charge in [-0.1, -0.05) is 6.07 Å². The van der Waals surface area contributed by atoms with Crippen LogP contribution in [0.25, 0.3) is 10.9 Å². The van der Waals surface area contributed by atoms with Crippen LogP contribution in [0.4, 0.5) is 0 Å². The maximum absolute atomic E-state index is 13.7. The minimum absolute atomic E-state index is 0.195. The summed E-state index contributed by atoms with van der Waals surface area (Å²) in [5, 5.41) is 2.95. The molecule has 1 aromatic heterocycles. The number of fused-ring (bicyclic) bond motifs is 1. The Morgan fingerprint density at radius 3 is 2.29 bits per heavy atom. The van der Waals surface area contributed by atoms with Crippen molar-refractivity contribution < 1.29 is 9.59 Å². The number of aryl methyl sites for hydroxylation is 1. The number of thioether (sulfide) groups is 1. The number of amides is 2. The van der Waals surface area contributed by atoms with Gasteiger partial charge in [0.25, 0.3) is 5.56 Å². The molecule has 2 aromatic rings. The SMILES string of the molecule is Cc1nc2cccc(SCCCN3CCN(CCC45CC6CC(CC(C6)C4)C5)CC3)c2c(=O)n1C1CCC(=O)NC1=O. The molecule has 2 saturated heterocycles. The highest BCUT2D eigenvalue weighted by molar-refractivity contribution is 7.99. The number of aromatic nitrogens is 2. The Morgan fingerprint density at radius 2 is 1.62 bits per heavy atom. The fourth-order valence-corrected chi connectivity index (χ4v) is 10.4. The molecule has 42 heavy (non-hydrogen) atoms. The van der Waals surface area contributed by atoms with Crippen molar-refractivity contribution in [3.63, 3.8) is 0 Å². The van der Waals surface area contributed by atoms with Crippen LogP contribution in [0.2, 0.25) is 0 Å². The zero-order valence-electron chi connectivity index (χ0n) is 25.0. The number of piperidine rings is 1. The van der Waals surface area contributed by atoms with Crippen molar-refractivity contribution in [1.82, 2.24) is 24.7 Å². The lowest BCUT2D eigenvalue weighted by atomic mass is 9.49. The molecule has 6 aliphatic rings. The minimum Gasteiger partial charge on any atom is -0.301 e. The summed E-state index contributed by atoms with van der Waals surface area (Å²) in [6.45, 7) is 8.81. The van der Waals surface area contributed by atoms with Crippen LogP contribution < -0.4 is 10.9 Å². The van der Waals surface area contributed by atoms with E-state index in [1.165, 1.54) is 69.1 Å². The highest BCUT2D eigenvalue weighted by Gasteiger charge is 2.50. The van der Waals surface area contributed by atoms with E-state index in [1.807, 2.05) is 18.2 Å². The Hall–Kier alpha value is -2.23. The molecule has 2 aliphatic heterocycles. The van der Waals surface area contributed by atoms with Gasteiger partial charge in [0.1, 0.15) is 11.9 Å². The Bertz CT molecular complexity index is 1380. The van der Waals surface area contributed by atoms with Crippen molar-refractivity contribution in [2.75, 3.05) is 45.0 Å². The van der Waals surface area contributed by atoms with E-state index in [-0.39, 0.29) is 17.9 Å². The monoisotopic (exact) mass is 591 g/mol. The average Bonchev–Trinajstić information content (AvgIpc) is 2.95. The van der Waals surface area contributed by atoms with Crippen LogP contribution in [0, 0.1) is 30.1 Å². The second-order valence-electron chi connectivity index (χ2n) is 14.0. The Balaban J connectivity index is 0.905. The van der Waals surface area contributed by atoms with Crippen LogP contribution in [0.5, 0.6) is 0 Å². The molecule has 9 heteroatoms. The van der Waals surface area contributed by atoms with E-state index in [0.717, 1.165) is 54.5 Å². The smallest absolute Gasteiger partial charge is 0.263 e. The zero-order chi connectivity index (χ0) is 28.8. The van der Waals surface area contributed by atoms with Crippen molar-refractivity contribution in [3.05, 3.63) is 34.4 Å². The van der Waals surface area contributed by atoms with Gasteiger partial charge in [-0.2, -0.15) is 0 Å². The number of carbonyl (C=O) groups is 2. The minimum atomic E-state index is -0.698. The van der Waals surface area contributed by atoms with Gasteiger partial charge in [-0.15, -0.1) is 11.8 Å². The van der Waals surface area contributed by atoms with Crippen LogP contribution in [-0.4, -0.2) is 76.2 Å². The third-order valence-electron chi connectivity index (χ3n) is 11.1. The molecule has 3 heterocycles. The first-order chi connectivity index (χ1) is 20.4. The molecule has 226 valence electrons. The Morgan fingerprint density at radius 1 is 0.952 bits per heavy atom. The average molecular weight is 592 g/mol. The molecule has 1 unspecified atom stereocenters. The van der Waals surface area contributed by atoms with E-state index in [2.05, 4.69) is 20.1 Å². The van der Waals surface area contributed by atoms with Crippen LogP contribution >= 0.6 is 11.8 Å². The van der Waals surface area contributed by atoms with E-state index in [1.54, 1.807) is 18.7 Å². The van der Waals surface area contributed by atoms with Crippen molar-refractivity contribution in [2.24, 2.45) is 23.2 Å². The molecule has 4 aliphatic carbocycles. The topological polar surface area (TPSA) is 87.5 Å². The lowest BCUT2D eigenvalue weighted by Crippen LogP contribution is -2.50. The highest BCUT2D eigenvalue weighted by Crippen LogP contribution is 2.61. The third-order valence-corrected chi connectivity index (χ3v) is 12.2. The van der Waals surface area contributed by atoms with Gasteiger partial charge >= 0.3 is 0 Å².